The molecule has 0 amide bonds. The lowest BCUT2D eigenvalue weighted by molar-refractivity contribution is -0.384. The van der Waals surface area contributed by atoms with Gasteiger partial charge in [0.25, 0.3) is 5.69 Å². The Morgan fingerprint density at radius 3 is 2.76 bits per heavy atom. The molecule has 1 aromatic heterocycles. The van der Waals surface area contributed by atoms with Gasteiger partial charge in [0, 0.05) is 17.0 Å². The number of nitro groups is 1. The van der Waals surface area contributed by atoms with E-state index in [1.165, 1.54) is 35.2 Å². The van der Waals surface area contributed by atoms with Crippen LogP contribution in [-0.4, -0.2) is 15.1 Å². The first-order valence-corrected chi connectivity index (χ1v) is 6.28. The molecule has 2 N–H and O–H groups in total. The molecule has 1 heterocycles. The predicted octanol–water partition coefficient (Wildman–Crippen LogP) is 2.83. The molecule has 2 aromatic rings. The normalized spacial score (nSPS) is 10.4. The quantitative estimate of drug-likeness (QED) is 0.689. The molecule has 6 nitrogen and oxygen atoms in total. The summed E-state index contributed by atoms with van der Waals surface area (Å²) >= 11 is 8.42. The summed E-state index contributed by atoms with van der Waals surface area (Å²) in [6.45, 7) is 0. The molecule has 0 spiro atoms. The van der Waals surface area contributed by atoms with Crippen molar-refractivity contribution < 1.29 is 4.92 Å². The zero-order chi connectivity index (χ0) is 12.4. The average Bonchev–Trinajstić information content (AvgIpc) is 2.67. The molecule has 0 saturated carbocycles. The van der Waals surface area contributed by atoms with Gasteiger partial charge in [-0.25, -0.2) is 0 Å². The van der Waals surface area contributed by atoms with Crippen molar-refractivity contribution in [3.8, 4) is 0 Å². The average molecular weight is 289 g/mol. The van der Waals surface area contributed by atoms with Crippen molar-refractivity contribution in [2.24, 2.45) is 0 Å². The Hall–Kier alpha value is -1.38. The van der Waals surface area contributed by atoms with E-state index in [0.29, 0.717) is 19.4 Å². The summed E-state index contributed by atoms with van der Waals surface area (Å²) in [7, 11) is 0. The van der Waals surface area contributed by atoms with Crippen LogP contribution in [0, 0.1) is 10.1 Å². The highest BCUT2D eigenvalue weighted by Crippen LogP contribution is 2.36. The van der Waals surface area contributed by atoms with Gasteiger partial charge in [-0.15, -0.1) is 10.2 Å². The third-order valence-electron chi connectivity index (χ3n) is 1.75. The first-order chi connectivity index (χ1) is 8.06. The van der Waals surface area contributed by atoms with Crippen LogP contribution in [0.25, 0.3) is 0 Å². The lowest BCUT2D eigenvalue weighted by atomic mass is 10.3. The number of benzene rings is 1. The van der Waals surface area contributed by atoms with E-state index in [-0.39, 0.29) is 5.69 Å². The van der Waals surface area contributed by atoms with Crippen LogP contribution in [0.3, 0.4) is 0 Å². The first-order valence-electron chi connectivity index (χ1n) is 4.27. The van der Waals surface area contributed by atoms with Gasteiger partial charge in [-0.1, -0.05) is 34.7 Å². The van der Waals surface area contributed by atoms with Crippen LogP contribution < -0.4 is 5.73 Å². The molecule has 1 aromatic carbocycles. The zero-order valence-electron chi connectivity index (χ0n) is 8.16. The molecule has 0 aliphatic heterocycles. The molecule has 0 saturated heterocycles. The molecule has 0 aliphatic rings. The molecule has 0 aliphatic carbocycles. The van der Waals surface area contributed by atoms with Gasteiger partial charge in [0.15, 0.2) is 4.34 Å². The maximum Gasteiger partial charge on any atom is 0.270 e. The molecule has 2 rings (SSSR count). The van der Waals surface area contributed by atoms with E-state index in [0.717, 1.165) is 0 Å². The van der Waals surface area contributed by atoms with Gasteiger partial charge in [-0.2, -0.15) is 0 Å². The van der Waals surface area contributed by atoms with E-state index in [2.05, 4.69) is 10.2 Å². The van der Waals surface area contributed by atoms with Gasteiger partial charge >= 0.3 is 0 Å². The fourth-order valence-electron chi connectivity index (χ4n) is 1.04. The Balaban J connectivity index is 2.25. The Morgan fingerprint density at radius 1 is 1.47 bits per heavy atom. The van der Waals surface area contributed by atoms with Gasteiger partial charge in [-0.3, -0.25) is 10.1 Å². The van der Waals surface area contributed by atoms with Crippen molar-refractivity contribution >= 4 is 45.5 Å². The first kappa shape index (κ1) is 12.1. The topological polar surface area (TPSA) is 94.9 Å². The van der Waals surface area contributed by atoms with Crippen LogP contribution >= 0.6 is 34.7 Å². The minimum absolute atomic E-state index is 0.0453. The number of non-ortho nitro benzene ring substituents is 1. The minimum atomic E-state index is -0.497. The number of hydrogen-bond donors (Lipinski definition) is 1. The molecule has 0 atom stereocenters. The summed E-state index contributed by atoms with van der Waals surface area (Å²) in [5.41, 5.74) is 5.40. The van der Waals surface area contributed by atoms with Crippen LogP contribution in [0.2, 0.25) is 5.02 Å². The Bertz CT molecular complexity index is 574. The number of rotatable bonds is 3. The number of halogens is 1. The van der Waals surface area contributed by atoms with Crippen molar-refractivity contribution in [2.75, 3.05) is 5.73 Å². The molecular weight excluding hydrogens is 284 g/mol. The van der Waals surface area contributed by atoms with Crippen molar-refractivity contribution in [2.45, 2.75) is 9.24 Å². The summed E-state index contributed by atoms with van der Waals surface area (Å²) in [6.07, 6.45) is 0. The SMILES string of the molecule is Nc1nnc(Sc2ccc([N+](=O)[O-])cc2Cl)s1. The second-order valence-corrected chi connectivity index (χ2v) is 5.59. The zero-order valence-corrected chi connectivity index (χ0v) is 10.6. The van der Waals surface area contributed by atoms with Gasteiger partial charge in [-0.05, 0) is 6.07 Å². The standard InChI is InChI=1S/C8H5ClN4O2S2/c9-5-3-4(13(14)15)1-2-6(5)16-8-12-11-7(10)17-8/h1-3H,(H2,10,11). The van der Waals surface area contributed by atoms with Gasteiger partial charge < -0.3 is 5.73 Å². The Morgan fingerprint density at radius 2 is 2.24 bits per heavy atom. The van der Waals surface area contributed by atoms with Crippen molar-refractivity contribution in [1.82, 2.24) is 10.2 Å². The number of nitrogen functional groups attached to an aromatic ring is 1. The summed E-state index contributed by atoms with van der Waals surface area (Å²) < 4.78 is 0.637. The van der Waals surface area contributed by atoms with Crippen molar-refractivity contribution in [1.29, 1.82) is 0 Å². The van der Waals surface area contributed by atoms with Gasteiger partial charge in [0.05, 0.1) is 9.95 Å². The monoisotopic (exact) mass is 288 g/mol. The molecule has 0 fully saturated rings. The third-order valence-corrected chi connectivity index (χ3v) is 4.05. The number of nitrogens with zero attached hydrogens (tertiary/aromatic N) is 3. The highest BCUT2D eigenvalue weighted by Gasteiger charge is 2.12. The van der Waals surface area contributed by atoms with Crippen LogP contribution in [0.5, 0.6) is 0 Å². The molecule has 17 heavy (non-hydrogen) atoms. The maximum atomic E-state index is 10.5. The second kappa shape index (κ2) is 4.86. The summed E-state index contributed by atoms with van der Waals surface area (Å²) in [6, 6.07) is 4.26. The highest BCUT2D eigenvalue weighted by molar-refractivity contribution is 8.01. The van der Waals surface area contributed by atoms with E-state index in [9.17, 15) is 10.1 Å². The van der Waals surface area contributed by atoms with E-state index in [1.807, 2.05) is 0 Å². The molecule has 0 bridgehead atoms. The molecule has 9 heteroatoms. The number of hydrogen-bond acceptors (Lipinski definition) is 7. The predicted molar refractivity (Wildman–Crippen MR) is 66.6 cm³/mol. The Kier molecular flexibility index (Phi) is 3.46. The fourth-order valence-corrected chi connectivity index (χ4v) is 2.93. The number of aromatic nitrogens is 2. The van der Waals surface area contributed by atoms with Crippen LogP contribution in [-0.2, 0) is 0 Å². The maximum absolute atomic E-state index is 10.5. The van der Waals surface area contributed by atoms with E-state index < -0.39 is 4.92 Å². The lowest BCUT2D eigenvalue weighted by Crippen LogP contribution is -1.87. The second-order valence-electron chi connectivity index (χ2n) is 2.88. The number of nitro benzene ring substituents is 1. The van der Waals surface area contributed by atoms with E-state index in [4.69, 9.17) is 17.3 Å². The number of nitrogens with two attached hydrogens (primary N) is 1. The van der Waals surface area contributed by atoms with Crippen molar-refractivity contribution in [3.05, 3.63) is 33.3 Å². The largest absolute Gasteiger partial charge is 0.374 e. The van der Waals surface area contributed by atoms with Crippen LogP contribution in [0.4, 0.5) is 10.8 Å². The smallest absolute Gasteiger partial charge is 0.270 e. The molecule has 88 valence electrons. The van der Waals surface area contributed by atoms with Gasteiger partial charge in [0.2, 0.25) is 5.13 Å². The fraction of sp³-hybridized carbons (Fsp3) is 0. The van der Waals surface area contributed by atoms with Crippen molar-refractivity contribution in [3.63, 3.8) is 0 Å². The lowest BCUT2D eigenvalue weighted by Gasteiger charge is -2.00. The highest BCUT2D eigenvalue weighted by atomic mass is 35.5. The summed E-state index contributed by atoms with van der Waals surface area (Å²) in [4.78, 5) is 10.7. The van der Waals surface area contributed by atoms with Crippen LogP contribution in [0.15, 0.2) is 27.4 Å². The molecule has 0 radical (unpaired) electrons. The van der Waals surface area contributed by atoms with Crippen LogP contribution in [0.1, 0.15) is 0 Å². The number of anilines is 1. The van der Waals surface area contributed by atoms with E-state index >= 15 is 0 Å². The Labute approximate surface area is 109 Å². The summed E-state index contributed by atoms with van der Waals surface area (Å²) in [5, 5.41) is 18.7. The van der Waals surface area contributed by atoms with Gasteiger partial charge in [0.1, 0.15) is 0 Å². The molecule has 0 unspecified atom stereocenters. The summed E-state index contributed by atoms with van der Waals surface area (Å²) in [5.74, 6) is 0. The van der Waals surface area contributed by atoms with E-state index in [1.54, 1.807) is 6.07 Å². The third kappa shape index (κ3) is 2.84. The molecular formula is C8H5ClN4O2S2. The minimum Gasteiger partial charge on any atom is -0.374 e.